The van der Waals surface area contributed by atoms with E-state index in [1.807, 2.05) is 13.8 Å². The third kappa shape index (κ3) is 6.95. The number of carboxylic acid groups (broad SMARTS) is 1. The second-order valence-corrected chi connectivity index (χ2v) is 5.81. The molecule has 3 N–H and O–H groups in total. The topological polar surface area (TPSA) is 95.5 Å². The molecule has 0 aliphatic heterocycles. The minimum Gasteiger partial charge on any atom is -0.481 e. The van der Waals surface area contributed by atoms with Crippen molar-refractivity contribution in [1.82, 2.24) is 5.32 Å². The quantitative estimate of drug-likeness (QED) is 0.686. The van der Waals surface area contributed by atoms with Crippen LogP contribution in [-0.2, 0) is 14.4 Å². The molecule has 0 spiro atoms. The molecule has 1 rings (SSSR count). The van der Waals surface area contributed by atoms with Crippen LogP contribution >= 0.6 is 0 Å². The van der Waals surface area contributed by atoms with E-state index in [2.05, 4.69) is 10.6 Å². The Morgan fingerprint density at radius 3 is 2.35 bits per heavy atom. The molecule has 126 valence electrons. The Hall–Kier alpha value is -2.37. The molecule has 0 bridgehead atoms. The minimum atomic E-state index is -0.912. The predicted octanol–water partition coefficient (Wildman–Crippen LogP) is 2.51. The average molecular weight is 320 g/mol. The van der Waals surface area contributed by atoms with Gasteiger partial charge in [0.05, 0.1) is 5.92 Å². The van der Waals surface area contributed by atoms with Gasteiger partial charge in [-0.25, -0.2) is 0 Å². The first-order valence-corrected chi connectivity index (χ1v) is 7.71. The Morgan fingerprint density at radius 2 is 1.74 bits per heavy atom. The molecule has 0 saturated carbocycles. The van der Waals surface area contributed by atoms with Crippen LogP contribution in [0.1, 0.15) is 51.5 Å². The number of carbonyl (C=O) groups is 3. The summed E-state index contributed by atoms with van der Waals surface area (Å²) in [6.45, 7) is 5.36. The molecule has 6 heteroatoms. The van der Waals surface area contributed by atoms with Gasteiger partial charge in [-0.05, 0) is 44.9 Å². The second kappa shape index (κ2) is 8.92. The van der Waals surface area contributed by atoms with E-state index < -0.39 is 11.9 Å². The van der Waals surface area contributed by atoms with Gasteiger partial charge in [0.1, 0.15) is 0 Å². The number of amides is 2. The molecule has 1 aromatic rings. The van der Waals surface area contributed by atoms with E-state index in [1.165, 1.54) is 0 Å². The van der Waals surface area contributed by atoms with Crippen molar-refractivity contribution in [3.8, 4) is 0 Å². The number of benzene rings is 1. The summed E-state index contributed by atoms with van der Waals surface area (Å²) in [4.78, 5) is 34.3. The SMILES string of the molecule is CC(C)NC(=O)CCCC(=O)Nc1cccc(C(C)C(=O)O)c1. The van der Waals surface area contributed by atoms with Gasteiger partial charge in [-0.15, -0.1) is 0 Å². The molecule has 1 aromatic carbocycles. The largest absolute Gasteiger partial charge is 0.481 e. The summed E-state index contributed by atoms with van der Waals surface area (Å²) < 4.78 is 0. The molecule has 0 aromatic heterocycles. The summed E-state index contributed by atoms with van der Waals surface area (Å²) in [5.74, 6) is -1.80. The lowest BCUT2D eigenvalue weighted by Crippen LogP contribution is -2.30. The molecule has 2 amide bonds. The third-order valence-electron chi connectivity index (χ3n) is 3.30. The average Bonchev–Trinajstić information content (AvgIpc) is 2.45. The molecular weight excluding hydrogens is 296 g/mol. The van der Waals surface area contributed by atoms with Crippen molar-refractivity contribution in [3.05, 3.63) is 29.8 Å². The van der Waals surface area contributed by atoms with Crippen LogP contribution in [-0.4, -0.2) is 28.9 Å². The molecule has 1 atom stereocenters. The van der Waals surface area contributed by atoms with Crippen molar-refractivity contribution in [2.75, 3.05) is 5.32 Å². The number of anilines is 1. The molecule has 6 nitrogen and oxygen atoms in total. The normalized spacial score (nSPS) is 11.8. The van der Waals surface area contributed by atoms with Crippen LogP contribution in [0.3, 0.4) is 0 Å². The number of hydrogen-bond donors (Lipinski definition) is 3. The van der Waals surface area contributed by atoms with Crippen molar-refractivity contribution in [1.29, 1.82) is 0 Å². The highest BCUT2D eigenvalue weighted by Crippen LogP contribution is 2.19. The van der Waals surface area contributed by atoms with Crippen LogP contribution in [0.25, 0.3) is 0 Å². The molecule has 0 aliphatic carbocycles. The molecule has 0 heterocycles. The van der Waals surface area contributed by atoms with Gasteiger partial charge in [-0.3, -0.25) is 14.4 Å². The maximum atomic E-state index is 11.9. The number of nitrogens with one attached hydrogen (secondary N) is 2. The molecule has 0 saturated heterocycles. The fraction of sp³-hybridized carbons (Fsp3) is 0.471. The van der Waals surface area contributed by atoms with Gasteiger partial charge in [0, 0.05) is 24.6 Å². The summed E-state index contributed by atoms with van der Waals surface area (Å²) in [5.41, 5.74) is 1.19. The lowest BCUT2D eigenvalue weighted by molar-refractivity contribution is -0.138. The van der Waals surface area contributed by atoms with E-state index in [-0.39, 0.29) is 24.3 Å². The van der Waals surface area contributed by atoms with E-state index in [1.54, 1.807) is 31.2 Å². The van der Waals surface area contributed by atoms with Gasteiger partial charge in [0.15, 0.2) is 0 Å². The summed E-state index contributed by atoms with van der Waals surface area (Å²) in [7, 11) is 0. The van der Waals surface area contributed by atoms with Crippen molar-refractivity contribution in [3.63, 3.8) is 0 Å². The van der Waals surface area contributed by atoms with Crippen LogP contribution in [0.2, 0.25) is 0 Å². The van der Waals surface area contributed by atoms with Crippen molar-refractivity contribution >= 4 is 23.5 Å². The first-order valence-electron chi connectivity index (χ1n) is 7.71. The molecule has 0 aliphatic rings. The summed E-state index contributed by atoms with van der Waals surface area (Å²) in [6.07, 6.45) is 1.02. The molecule has 1 unspecified atom stereocenters. The zero-order valence-corrected chi connectivity index (χ0v) is 13.8. The fourth-order valence-corrected chi connectivity index (χ4v) is 2.06. The van der Waals surface area contributed by atoms with Crippen molar-refractivity contribution in [2.45, 2.75) is 52.0 Å². The van der Waals surface area contributed by atoms with E-state index in [0.717, 1.165) is 0 Å². The lowest BCUT2D eigenvalue weighted by Gasteiger charge is -2.10. The van der Waals surface area contributed by atoms with E-state index in [9.17, 15) is 14.4 Å². The van der Waals surface area contributed by atoms with Gasteiger partial charge in [0.25, 0.3) is 0 Å². The third-order valence-corrected chi connectivity index (χ3v) is 3.30. The zero-order valence-electron chi connectivity index (χ0n) is 13.8. The Kier molecular flexibility index (Phi) is 7.25. The predicted molar refractivity (Wildman–Crippen MR) is 88.3 cm³/mol. The maximum Gasteiger partial charge on any atom is 0.310 e. The highest BCUT2D eigenvalue weighted by atomic mass is 16.4. The van der Waals surface area contributed by atoms with Gasteiger partial charge in [-0.1, -0.05) is 12.1 Å². The summed E-state index contributed by atoms with van der Waals surface area (Å²) >= 11 is 0. The van der Waals surface area contributed by atoms with Gasteiger partial charge < -0.3 is 15.7 Å². The number of aliphatic carboxylic acids is 1. The zero-order chi connectivity index (χ0) is 17.4. The fourth-order valence-electron chi connectivity index (χ4n) is 2.06. The molecule has 0 fully saturated rings. The van der Waals surface area contributed by atoms with Crippen molar-refractivity contribution < 1.29 is 19.5 Å². The Balaban J connectivity index is 2.47. The summed E-state index contributed by atoms with van der Waals surface area (Å²) in [5, 5.41) is 14.5. The molecule has 0 radical (unpaired) electrons. The van der Waals surface area contributed by atoms with Crippen LogP contribution in [0, 0.1) is 0 Å². The number of hydrogen-bond acceptors (Lipinski definition) is 3. The highest BCUT2D eigenvalue weighted by molar-refractivity contribution is 5.91. The van der Waals surface area contributed by atoms with Crippen LogP contribution in [0.4, 0.5) is 5.69 Å². The van der Waals surface area contributed by atoms with E-state index in [0.29, 0.717) is 24.1 Å². The molecular formula is C17H24N2O4. The van der Waals surface area contributed by atoms with Crippen LogP contribution in [0.5, 0.6) is 0 Å². The standard InChI is InChI=1S/C17H24N2O4/c1-11(2)18-15(20)8-5-9-16(21)19-14-7-4-6-13(10-14)12(3)17(22)23/h4,6-7,10-12H,5,8-9H2,1-3H3,(H,18,20)(H,19,21)(H,22,23). The van der Waals surface area contributed by atoms with Gasteiger partial charge in [0.2, 0.25) is 11.8 Å². The second-order valence-electron chi connectivity index (χ2n) is 5.81. The Labute approximate surface area is 136 Å². The first kappa shape index (κ1) is 18.7. The van der Waals surface area contributed by atoms with Crippen molar-refractivity contribution in [2.24, 2.45) is 0 Å². The summed E-state index contributed by atoms with van der Waals surface area (Å²) in [6, 6.07) is 6.88. The number of carbonyl (C=O) groups excluding carboxylic acids is 2. The highest BCUT2D eigenvalue weighted by Gasteiger charge is 2.14. The number of rotatable bonds is 8. The van der Waals surface area contributed by atoms with Gasteiger partial charge in [-0.2, -0.15) is 0 Å². The van der Waals surface area contributed by atoms with E-state index >= 15 is 0 Å². The Bertz CT molecular complexity index is 569. The Morgan fingerprint density at radius 1 is 1.09 bits per heavy atom. The minimum absolute atomic E-state index is 0.0647. The first-order chi connectivity index (χ1) is 10.8. The van der Waals surface area contributed by atoms with Gasteiger partial charge >= 0.3 is 5.97 Å². The molecule has 23 heavy (non-hydrogen) atoms. The van der Waals surface area contributed by atoms with E-state index in [4.69, 9.17) is 5.11 Å². The lowest BCUT2D eigenvalue weighted by atomic mass is 10.0. The monoisotopic (exact) mass is 320 g/mol. The smallest absolute Gasteiger partial charge is 0.310 e. The number of carboxylic acids is 1. The van der Waals surface area contributed by atoms with Crippen LogP contribution < -0.4 is 10.6 Å². The maximum absolute atomic E-state index is 11.9. The van der Waals surface area contributed by atoms with Crippen LogP contribution in [0.15, 0.2) is 24.3 Å².